The number of piperidine rings is 1. The Labute approximate surface area is 66.8 Å². The summed E-state index contributed by atoms with van der Waals surface area (Å²) in [5.41, 5.74) is 0. The van der Waals surface area contributed by atoms with Crippen LogP contribution in [-0.4, -0.2) is 23.7 Å². The van der Waals surface area contributed by atoms with Gasteiger partial charge in [0.1, 0.15) is 6.04 Å². The van der Waals surface area contributed by atoms with Gasteiger partial charge in [-0.25, -0.2) is 0 Å². The minimum absolute atomic E-state index is 0.294. The molecule has 1 fully saturated rings. The molecule has 0 spiro atoms. The Morgan fingerprint density at radius 3 is 2.73 bits per heavy atom. The highest BCUT2D eigenvalue weighted by Gasteiger charge is 2.23. The third-order valence-corrected chi connectivity index (χ3v) is 2.39. The van der Waals surface area contributed by atoms with E-state index in [0.29, 0.717) is 5.92 Å². The third-order valence-electron chi connectivity index (χ3n) is 2.39. The fourth-order valence-electron chi connectivity index (χ4n) is 1.47. The highest BCUT2D eigenvalue weighted by Crippen LogP contribution is 2.16. The maximum atomic E-state index is 10.5. The minimum Gasteiger partial charge on any atom is -0.480 e. The first kappa shape index (κ1) is 8.53. The molecule has 0 amide bonds. The summed E-state index contributed by atoms with van der Waals surface area (Å²) < 4.78 is 0. The van der Waals surface area contributed by atoms with Crippen molar-refractivity contribution in [2.24, 2.45) is 5.92 Å². The first-order chi connectivity index (χ1) is 5.24. The van der Waals surface area contributed by atoms with E-state index < -0.39 is 5.97 Å². The van der Waals surface area contributed by atoms with Crippen molar-refractivity contribution in [3.8, 4) is 0 Å². The molecule has 2 atom stereocenters. The molecule has 0 unspecified atom stereocenters. The molecule has 3 heteroatoms. The van der Waals surface area contributed by atoms with Crippen LogP contribution in [0.3, 0.4) is 0 Å². The van der Waals surface area contributed by atoms with Crippen molar-refractivity contribution in [1.82, 2.24) is 5.32 Å². The minimum atomic E-state index is -0.709. The van der Waals surface area contributed by atoms with Gasteiger partial charge in [0, 0.05) is 0 Å². The number of carbonyl (C=O) groups is 1. The van der Waals surface area contributed by atoms with Crippen molar-refractivity contribution in [2.75, 3.05) is 6.54 Å². The summed E-state index contributed by atoms with van der Waals surface area (Å²) in [5, 5.41) is 11.7. The average Bonchev–Trinajstić information content (AvgIpc) is 2.05. The zero-order chi connectivity index (χ0) is 8.27. The fourth-order valence-corrected chi connectivity index (χ4v) is 1.47. The Kier molecular flexibility index (Phi) is 2.88. The van der Waals surface area contributed by atoms with Gasteiger partial charge in [-0.15, -0.1) is 0 Å². The summed E-state index contributed by atoms with van der Waals surface area (Å²) in [5.74, 6) is -0.0230. The molecule has 3 nitrogen and oxygen atoms in total. The lowest BCUT2D eigenvalue weighted by Gasteiger charge is -2.26. The van der Waals surface area contributed by atoms with Crippen LogP contribution < -0.4 is 5.32 Å². The van der Waals surface area contributed by atoms with Crippen molar-refractivity contribution < 1.29 is 9.90 Å². The van der Waals surface area contributed by atoms with E-state index in [9.17, 15) is 4.79 Å². The lowest BCUT2D eigenvalue weighted by atomic mass is 9.93. The molecule has 0 aromatic heterocycles. The van der Waals surface area contributed by atoms with E-state index in [0.717, 1.165) is 25.8 Å². The highest BCUT2D eigenvalue weighted by atomic mass is 16.4. The highest BCUT2D eigenvalue weighted by molar-refractivity contribution is 5.73. The molecule has 1 saturated heterocycles. The van der Waals surface area contributed by atoms with Crippen LogP contribution in [0.4, 0.5) is 0 Å². The van der Waals surface area contributed by atoms with Crippen molar-refractivity contribution in [3.63, 3.8) is 0 Å². The molecule has 0 radical (unpaired) electrons. The molecule has 1 aliphatic rings. The molecular formula is C8H15NO2. The first-order valence-corrected chi connectivity index (χ1v) is 4.20. The fraction of sp³-hybridized carbons (Fsp3) is 0.875. The topological polar surface area (TPSA) is 49.3 Å². The molecule has 0 aromatic carbocycles. The van der Waals surface area contributed by atoms with Crippen LogP contribution >= 0.6 is 0 Å². The Bertz CT molecular complexity index is 139. The van der Waals surface area contributed by atoms with Crippen LogP contribution in [-0.2, 0) is 4.79 Å². The van der Waals surface area contributed by atoms with Crippen LogP contribution in [0.25, 0.3) is 0 Å². The summed E-state index contributed by atoms with van der Waals surface area (Å²) in [4.78, 5) is 10.5. The number of hydrogen-bond donors (Lipinski definition) is 2. The van der Waals surface area contributed by atoms with Crippen LogP contribution in [0, 0.1) is 5.92 Å². The van der Waals surface area contributed by atoms with Gasteiger partial charge in [0.2, 0.25) is 0 Å². The number of nitrogens with one attached hydrogen (secondary N) is 1. The lowest BCUT2D eigenvalue weighted by Crippen LogP contribution is -2.43. The van der Waals surface area contributed by atoms with E-state index in [-0.39, 0.29) is 6.04 Å². The second kappa shape index (κ2) is 3.72. The summed E-state index contributed by atoms with van der Waals surface area (Å²) in [6.07, 6.45) is 2.99. The molecule has 64 valence electrons. The van der Waals surface area contributed by atoms with Gasteiger partial charge >= 0.3 is 5.97 Å². The Balaban J connectivity index is 2.30. The molecule has 0 aliphatic carbocycles. The van der Waals surface area contributed by atoms with Gasteiger partial charge in [-0.05, 0) is 25.3 Å². The summed E-state index contributed by atoms with van der Waals surface area (Å²) in [6, 6.07) is -0.294. The number of aliphatic carboxylic acids is 1. The number of rotatable bonds is 2. The third kappa shape index (κ3) is 2.19. The van der Waals surface area contributed by atoms with Crippen LogP contribution in [0.2, 0.25) is 0 Å². The van der Waals surface area contributed by atoms with Crippen LogP contribution in [0.15, 0.2) is 0 Å². The SMILES string of the molecule is CC[C@H]1CC[C@@H](C(=O)O)NC1. The Morgan fingerprint density at radius 2 is 2.36 bits per heavy atom. The van der Waals surface area contributed by atoms with Crippen LogP contribution in [0.5, 0.6) is 0 Å². The summed E-state index contributed by atoms with van der Waals surface area (Å²) in [6.45, 7) is 3.01. The second-order valence-corrected chi connectivity index (χ2v) is 3.15. The van der Waals surface area contributed by atoms with Gasteiger partial charge in [0.15, 0.2) is 0 Å². The van der Waals surface area contributed by atoms with Gasteiger partial charge in [0.05, 0.1) is 0 Å². The number of carboxylic acid groups (broad SMARTS) is 1. The molecule has 0 aromatic rings. The predicted octanol–water partition coefficient (Wildman–Crippen LogP) is 0.849. The molecule has 0 saturated carbocycles. The molecule has 1 aliphatic heterocycles. The van der Waals surface area contributed by atoms with Gasteiger partial charge in [-0.2, -0.15) is 0 Å². The number of carboxylic acids is 1. The normalized spacial score (nSPS) is 31.7. The zero-order valence-electron chi connectivity index (χ0n) is 6.84. The molecule has 11 heavy (non-hydrogen) atoms. The monoisotopic (exact) mass is 157 g/mol. The van der Waals surface area contributed by atoms with Crippen molar-refractivity contribution in [3.05, 3.63) is 0 Å². The van der Waals surface area contributed by atoms with Crippen molar-refractivity contribution >= 4 is 5.97 Å². The Morgan fingerprint density at radius 1 is 1.64 bits per heavy atom. The van der Waals surface area contributed by atoms with E-state index in [4.69, 9.17) is 5.11 Å². The molecular weight excluding hydrogens is 142 g/mol. The molecule has 1 rings (SSSR count). The largest absolute Gasteiger partial charge is 0.480 e. The smallest absolute Gasteiger partial charge is 0.320 e. The van der Waals surface area contributed by atoms with E-state index in [1.54, 1.807) is 0 Å². The van der Waals surface area contributed by atoms with Gasteiger partial charge in [-0.3, -0.25) is 4.79 Å². The van der Waals surface area contributed by atoms with Crippen molar-refractivity contribution in [2.45, 2.75) is 32.2 Å². The molecule has 0 bridgehead atoms. The van der Waals surface area contributed by atoms with Gasteiger partial charge < -0.3 is 10.4 Å². The van der Waals surface area contributed by atoms with E-state index in [1.807, 2.05) is 0 Å². The summed E-state index contributed by atoms with van der Waals surface area (Å²) in [7, 11) is 0. The molecule has 1 heterocycles. The van der Waals surface area contributed by atoms with E-state index in [2.05, 4.69) is 12.2 Å². The quantitative estimate of drug-likeness (QED) is 0.624. The first-order valence-electron chi connectivity index (χ1n) is 4.20. The maximum absolute atomic E-state index is 10.5. The lowest BCUT2D eigenvalue weighted by molar-refractivity contribution is -0.140. The summed E-state index contributed by atoms with van der Waals surface area (Å²) >= 11 is 0. The Hall–Kier alpha value is -0.570. The van der Waals surface area contributed by atoms with Gasteiger partial charge in [-0.1, -0.05) is 13.3 Å². The second-order valence-electron chi connectivity index (χ2n) is 3.15. The van der Waals surface area contributed by atoms with Gasteiger partial charge in [0.25, 0.3) is 0 Å². The average molecular weight is 157 g/mol. The van der Waals surface area contributed by atoms with Crippen LogP contribution in [0.1, 0.15) is 26.2 Å². The standard InChI is InChI=1S/C8H15NO2/c1-2-6-3-4-7(8(10)11)9-5-6/h6-7,9H,2-5H2,1H3,(H,10,11)/t6-,7-/m0/s1. The van der Waals surface area contributed by atoms with E-state index >= 15 is 0 Å². The zero-order valence-corrected chi connectivity index (χ0v) is 6.84. The maximum Gasteiger partial charge on any atom is 0.320 e. The van der Waals surface area contributed by atoms with E-state index in [1.165, 1.54) is 0 Å². The predicted molar refractivity (Wildman–Crippen MR) is 42.4 cm³/mol. The van der Waals surface area contributed by atoms with Crippen molar-refractivity contribution in [1.29, 1.82) is 0 Å². The number of hydrogen-bond acceptors (Lipinski definition) is 2. The molecule has 2 N–H and O–H groups in total.